The zero-order valence-electron chi connectivity index (χ0n) is 17.8. The van der Waals surface area contributed by atoms with Crippen LogP contribution in [-0.2, 0) is 19.6 Å². The van der Waals surface area contributed by atoms with Crippen molar-refractivity contribution >= 4 is 35.3 Å². The summed E-state index contributed by atoms with van der Waals surface area (Å²) in [6, 6.07) is 13.9. The molecule has 0 aliphatic rings. The number of benzene rings is 2. The highest BCUT2D eigenvalue weighted by Crippen LogP contribution is 2.37. The van der Waals surface area contributed by atoms with Gasteiger partial charge in [0.15, 0.2) is 23.0 Å². The minimum Gasteiger partial charge on any atom is -0.493 e. The molecule has 0 spiro atoms. The van der Waals surface area contributed by atoms with Crippen LogP contribution in [0.1, 0.15) is 16.0 Å². The Bertz CT molecular complexity index is 951. The van der Waals surface area contributed by atoms with Crippen molar-refractivity contribution in [2.24, 2.45) is 0 Å². The second kappa shape index (κ2) is 12.7. The topological polar surface area (TPSA) is 49.0 Å². The molecule has 1 aromatic heterocycles. The van der Waals surface area contributed by atoms with E-state index in [0.717, 1.165) is 34.9 Å². The minimum absolute atomic E-state index is 0. The molecule has 168 valence electrons. The monoisotopic (exact) mass is 483 g/mol. The van der Waals surface area contributed by atoms with Gasteiger partial charge in [-0.1, -0.05) is 23.7 Å². The van der Waals surface area contributed by atoms with Crippen LogP contribution in [0.5, 0.6) is 23.0 Å². The number of hydrogen-bond donors (Lipinski definition) is 1. The van der Waals surface area contributed by atoms with E-state index in [9.17, 15) is 0 Å². The van der Waals surface area contributed by atoms with Gasteiger partial charge in [0.05, 0.1) is 26.4 Å². The summed E-state index contributed by atoms with van der Waals surface area (Å²) >= 11 is 8.12. The summed E-state index contributed by atoms with van der Waals surface area (Å²) in [5.41, 5.74) is 2.21. The average Bonchev–Trinajstić information content (AvgIpc) is 3.29. The Labute approximate surface area is 198 Å². The first kappa shape index (κ1) is 25.1. The Morgan fingerprint density at radius 1 is 0.903 bits per heavy atom. The lowest BCUT2D eigenvalue weighted by Gasteiger charge is -2.14. The van der Waals surface area contributed by atoms with Crippen molar-refractivity contribution in [1.82, 2.24) is 5.32 Å². The van der Waals surface area contributed by atoms with E-state index in [1.54, 1.807) is 32.7 Å². The Kier molecular flexibility index (Phi) is 10.3. The number of nitrogens with one attached hydrogen (secondary N) is 1. The van der Waals surface area contributed by atoms with E-state index < -0.39 is 0 Å². The van der Waals surface area contributed by atoms with Crippen LogP contribution in [0.4, 0.5) is 0 Å². The third kappa shape index (κ3) is 6.94. The van der Waals surface area contributed by atoms with Gasteiger partial charge >= 0.3 is 0 Å². The molecule has 0 amide bonds. The van der Waals surface area contributed by atoms with Crippen molar-refractivity contribution < 1.29 is 18.9 Å². The fourth-order valence-corrected chi connectivity index (χ4v) is 3.96. The van der Waals surface area contributed by atoms with Gasteiger partial charge in [-0.25, -0.2) is 0 Å². The maximum atomic E-state index is 6.47. The molecule has 0 bridgehead atoms. The van der Waals surface area contributed by atoms with Crippen molar-refractivity contribution in [1.29, 1.82) is 0 Å². The number of hydrogen-bond acceptors (Lipinski definition) is 6. The van der Waals surface area contributed by atoms with Crippen molar-refractivity contribution in [3.05, 3.63) is 68.9 Å². The van der Waals surface area contributed by atoms with Crippen LogP contribution in [-0.4, -0.2) is 27.9 Å². The van der Waals surface area contributed by atoms with Gasteiger partial charge in [-0.05, 0) is 59.8 Å². The third-order valence-corrected chi connectivity index (χ3v) is 5.73. The molecule has 2 aromatic carbocycles. The van der Waals surface area contributed by atoms with E-state index in [2.05, 4.69) is 5.32 Å². The second-order valence-corrected chi connectivity index (χ2v) is 8.03. The molecule has 0 atom stereocenters. The number of methoxy groups -OCH3 is 3. The predicted molar refractivity (Wildman–Crippen MR) is 129 cm³/mol. The molecule has 3 rings (SSSR count). The van der Waals surface area contributed by atoms with Crippen LogP contribution >= 0.6 is 35.3 Å². The van der Waals surface area contributed by atoms with Gasteiger partial charge in [0.2, 0.25) is 0 Å². The van der Waals surface area contributed by atoms with E-state index in [4.69, 9.17) is 30.5 Å². The quantitative estimate of drug-likeness (QED) is 0.351. The summed E-state index contributed by atoms with van der Waals surface area (Å²) in [4.78, 5) is 1.13. The molecular weight excluding hydrogens is 457 g/mol. The number of rotatable bonds is 11. The van der Waals surface area contributed by atoms with Crippen LogP contribution in [0.25, 0.3) is 0 Å². The van der Waals surface area contributed by atoms with Crippen molar-refractivity contribution in [3.63, 3.8) is 0 Å². The molecule has 1 heterocycles. The lowest BCUT2D eigenvalue weighted by Crippen LogP contribution is -2.17. The Morgan fingerprint density at radius 2 is 1.65 bits per heavy atom. The smallest absolute Gasteiger partial charge is 0.180 e. The number of ether oxygens (including phenoxy) is 4. The first-order valence-corrected chi connectivity index (χ1v) is 10.8. The SMILES string of the molecule is COc1ccc(CCNCc2cc(Cl)c(OCc3cccs3)c(OC)c2)cc1OC.Cl. The molecule has 0 saturated heterocycles. The lowest BCUT2D eigenvalue weighted by molar-refractivity contribution is 0.287. The summed E-state index contributed by atoms with van der Waals surface area (Å²) < 4.78 is 22.0. The molecule has 3 aromatic rings. The number of thiophene rings is 1. The van der Waals surface area contributed by atoms with E-state index in [1.807, 2.05) is 47.8 Å². The van der Waals surface area contributed by atoms with Gasteiger partial charge in [0, 0.05) is 11.4 Å². The summed E-state index contributed by atoms with van der Waals surface area (Å²) in [6.45, 7) is 1.96. The fraction of sp³-hybridized carbons (Fsp3) is 0.304. The molecule has 0 radical (unpaired) electrons. The van der Waals surface area contributed by atoms with Crippen LogP contribution in [0.15, 0.2) is 47.8 Å². The van der Waals surface area contributed by atoms with Crippen LogP contribution < -0.4 is 24.3 Å². The summed E-state index contributed by atoms with van der Waals surface area (Å²) in [7, 11) is 4.90. The normalized spacial score (nSPS) is 10.3. The highest BCUT2D eigenvalue weighted by molar-refractivity contribution is 7.09. The molecule has 0 aliphatic carbocycles. The van der Waals surface area contributed by atoms with Crippen molar-refractivity contribution in [2.75, 3.05) is 27.9 Å². The fourth-order valence-electron chi connectivity index (χ4n) is 3.05. The molecule has 31 heavy (non-hydrogen) atoms. The maximum Gasteiger partial charge on any atom is 0.180 e. The molecule has 8 heteroatoms. The largest absolute Gasteiger partial charge is 0.493 e. The zero-order chi connectivity index (χ0) is 21.3. The van der Waals surface area contributed by atoms with Gasteiger partial charge in [-0.2, -0.15) is 0 Å². The first-order valence-electron chi connectivity index (χ1n) is 9.57. The summed E-state index contributed by atoms with van der Waals surface area (Å²) in [5.74, 6) is 2.68. The maximum absolute atomic E-state index is 6.47. The second-order valence-electron chi connectivity index (χ2n) is 6.59. The van der Waals surface area contributed by atoms with Gasteiger partial charge in [-0.3, -0.25) is 0 Å². The molecule has 0 unspecified atom stereocenters. The van der Waals surface area contributed by atoms with Crippen molar-refractivity contribution in [2.45, 2.75) is 19.6 Å². The standard InChI is InChI=1S/C23H26ClNO4S.ClH/c1-26-20-7-6-16(12-21(20)27-2)8-9-25-14-17-11-19(24)23(22(13-17)28-3)29-15-18-5-4-10-30-18;/h4-7,10-13,25H,8-9,14-15H2,1-3H3;1H. The van der Waals surface area contributed by atoms with Gasteiger partial charge in [0.25, 0.3) is 0 Å². The minimum atomic E-state index is 0. The average molecular weight is 484 g/mol. The van der Waals surface area contributed by atoms with Crippen LogP contribution in [0.3, 0.4) is 0 Å². The van der Waals surface area contributed by atoms with E-state index >= 15 is 0 Å². The molecule has 0 saturated carbocycles. The predicted octanol–water partition coefficient (Wildman–Crippen LogP) is 5.76. The Hall–Kier alpha value is -2.12. The molecule has 5 nitrogen and oxygen atoms in total. The third-order valence-electron chi connectivity index (χ3n) is 4.60. The van der Waals surface area contributed by atoms with Crippen LogP contribution in [0, 0.1) is 0 Å². The Balaban J connectivity index is 0.00000341. The molecule has 0 aliphatic heterocycles. The van der Waals surface area contributed by atoms with Gasteiger partial charge < -0.3 is 24.3 Å². The summed E-state index contributed by atoms with van der Waals surface area (Å²) in [5, 5.41) is 6.01. The lowest BCUT2D eigenvalue weighted by atomic mass is 10.1. The highest BCUT2D eigenvalue weighted by Gasteiger charge is 2.13. The number of halogens is 2. The zero-order valence-corrected chi connectivity index (χ0v) is 20.2. The van der Waals surface area contributed by atoms with Crippen LogP contribution in [0.2, 0.25) is 5.02 Å². The summed E-state index contributed by atoms with van der Waals surface area (Å²) in [6.07, 6.45) is 0.868. The van der Waals surface area contributed by atoms with Gasteiger partial charge in [-0.15, -0.1) is 23.7 Å². The van der Waals surface area contributed by atoms with E-state index in [1.165, 1.54) is 5.56 Å². The van der Waals surface area contributed by atoms with E-state index in [-0.39, 0.29) is 12.4 Å². The van der Waals surface area contributed by atoms with E-state index in [0.29, 0.717) is 29.7 Å². The van der Waals surface area contributed by atoms with Gasteiger partial charge in [0.1, 0.15) is 6.61 Å². The molecule has 0 fully saturated rings. The highest BCUT2D eigenvalue weighted by atomic mass is 35.5. The molecular formula is C23H27Cl2NO4S. The molecule has 1 N–H and O–H groups in total. The Morgan fingerprint density at radius 3 is 2.32 bits per heavy atom. The first-order chi connectivity index (χ1) is 14.6. The van der Waals surface area contributed by atoms with Crippen molar-refractivity contribution in [3.8, 4) is 23.0 Å².